The molecule has 1 N–H and O–H groups in total. The highest BCUT2D eigenvalue weighted by Gasteiger charge is 2.22. The molecule has 0 radical (unpaired) electrons. The zero-order chi connectivity index (χ0) is 20.5. The van der Waals surface area contributed by atoms with Crippen LogP contribution < -0.4 is 5.32 Å². The lowest BCUT2D eigenvalue weighted by Crippen LogP contribution is -2.42. The monoisotopic (exact) mass is 409 g/mol. The Morgan fingerprint density at radius 1 is 1.00 bits per heavy atom. The van der Waals surface area contributed by atoms with Crippen molar-refractivity contribution in [1.82, 2.24) is 5.32 Å². The Labute approximate surface area is 173 Å². The van der Waals surface area contributed by atoms with Gasteiger partial charge in [-0.25, -0.2) is 9.59 Å². The highest BCUT2D eigenvalue weighted by Crippen LogP contribution is 2.08. The van der Waals surface area contributed by atoms with Crippen LogP contribution in [0.4, 0.5) is 4.79 Å². The van der Waals surface area contributed by atoms with Gasteiger partial charge in [-0.15, -0.1) is 0 Å². The first kappa shape index (κ1) is 24.3. The van der Waals surface area contributed by atoms with Crippen LogP contribution in [0, 0.1) is 0 Å². The number of hydrogen-bond acceptors (Lipinski definition) is 5. The van der Waals surface area contributed by atoms with E-state index in [0.717, 1.165) is 24.2 Å². The predicted molar refractivity (Wildman–Crippen MR) is 116 cm³/mol. The molecule has 1 aromatic rings. The molecule has 0 saturated heterocycles. The van der Waals surface area contributed by atoms with Gasteiger partial charge in [-0.2, -0.15) is 11.8 Å². The number of carbonyl (C=O) groups excluding carboxylic acids is 2. The average molecular weight is 410 g/mol. The lowest BCUT2D eigenvalue weighted by Gasteiger charge is -2.17. The topological polar surface area (TPSA) is 64.6 Å². The number of carbonyl (C=O) groups is 2. The number of thioether (sulfide) groups is 1. The fraction of sp³-hybridized carbons (Fsp3) is 0.636. The third kappa shape index (κ3) is 11.9. The second-order valence-corrected chi connectivity index (χ2v) is 7.81. The van der Waals surface area contributed by atoms with Gasteiger partial charge in [0.2, 0.25) is 0 Å². The lowest BCUT2D eigenvalue weighted by atomic mass is 10.1. The summed E-state index contributed by atoms with van der Waals surface area (Å²) in [4.78, 5) is 24.4. The van der Waals surface area contributed by atoms with Crippen LogP contribution in [0.25, 0.3) is 0 Å². The summed E-state index contributed by atoms with van der Waals surface area (Å²) in [6.45, 7) is 2.79. The number of ether oxygens (including phenoxy) is 2. The second-order valence-electron chi connectivity index (χ2n) is 6.83. The van der Waals surface area contributed by atoms with Crippen LogP contribution in [0.3, 0.4) is 0 Å². The lowest BCUT2D eigenvalue weighted by molar-refractivity contribution is -0.146. The molecular formula is C22H35NO4S. The van der Waals surface area contributed by atoms with Gasteiger partial charge < -0.3 is 14.8 Å². The minimum absolute atomic E-state index is 0.176. The van der Waals surface area contributed by atoms with Crippen molar-refractivity contribution >= 4 is 23.8 Å². The molecule has 0 bridgehead atoms. The van der Waals surface area contributed by atoms with Gasteiger partial charge in [0.05, 0.1) is 6.61 Å². The molecule has 0 aliphatic heterocycles. The first-order valence-electron chi connectivity index (χ1n) is 10.3. The normalized spacial score (nSPS) is 11.6. The van der Waals surface area contributed by atoms with E-state index in [1.165, 1.54) is 32.1 Å². The number of hydrogen-bond donors (Lipinski definition) is 1. The summed E-state index contributed by atoms with van der Waals surface area (Å²) in [6.07, 6.45) is 10.1. The largest absolute Gasteiger partial charge is 0.464 e. The van der Waals surface area contributed by atoms with E-state index in [1.54, 1.807) is 11.8 Å². The summed E-state index contributed by atoms with van der Waals surface area (Å²) in [5.74, 6) is 0.382. The molecule has 1 aromatic carbocycles. The number of esters is 1. The molecule has 158 valence electrons. The Balaban J connectivity index is 2.29. The van der Waals surface area contributed by atoms with Gasteiger partial charge in [-0.05, 0) is 30.4 Å². The zero-order valence-corrected chi connectivity index (χ0v) is 18.1. The van der Waals surface area contributed by atoms with Crippen molar-refractivity contribution in [2.24, 2.45) is 0 Å². The van der Waals surface area contributed by atoms with Crippen molar-refractivity contribution in [1.29, 1.82) is 0 Å². The first-order chi connectivity index (χ1) is 13.7. The SMILES string of the molecule is CCCCCCCCCOC(=O)C(CCSC)NC(=O)OCc1ccccc1. The molecule has 0 fully saturated rings. The number of benzene rings is 1. The maximum absolute atomic E-state index is 12.3. The summed E-state index contributed by atoms with van der Waals surface area (Å²) in [6, 6.07) is 8.78. The van der Waals surface area contributed by atoms with Crippen molar-refractivity contribution < 1.29 is 19.1 Å². The number of rotatable bonds is 15. The molecule has 1 atom stereocenters. The fourth-order valence-electron chi connectivity index (χ4n) is 2.72. The maximum Gasteiger partial charge on any atom is 0.408 e. The minimum atomic E-state index is -0.666. The van der Waals surface area contributed by atoms with Crippen LogP contribution in [0.2, 0.25) is 0 Å². The number of alkyl carbamates (subject to hydrolysis) is 1. The van der Waals surface area contributed by atoms with E-state index in [2.05, 4.69) is 12.2 Å². The molecule has 0 saturated carbocycles. The molecule has 28 heavy (non-hydrogen) atoms. The van der Waals surface area contributed by atoms with E-state index < -0.39 is 12.1 Å². The Bertz CT molecular complexity index is 539. The average Bonchev–Trinajstić information content (AvgIpc) is 2.72. The van der Waals surface area contributed by atoms with Crippen molar-refractivity contribution in [3.05, 3.63) is 35.9 Å². The summed E-state index contributed by atoms with van der Waals surface area (Å²) in [5.41, 5.74) is 0.903. The van der Waals surface area contributed by atoms with Gasteiger partial charge in [-0.3, -0.25) is 0 Å². The third-order valence-corrected chi connectivity index (χ3v) is 5.04. The standard InChI is InChI=1S/C22H35NO4S/c1-3-4-5-6-7-8-12-16-26-21(24)20(15-17-28-2)23-22(25)27-18-19-13-10-9-11-14-19/h9-11,13-14,20H,3-8,12,15-18H2,1-2H3,(H,23,25). The molecule has 5 nitrogen and oxygen atoms in total. The van der Waals surface area contributed by atoms with E-state index in [9.17, 15) is 9.59 Å². The molecular weight excluding hydrogens is 374 g/mol. The number of unbranched alkanes of at least 4 members (excludes halogenated alkanes) is 6. The molecule has 0 aliphatic carbocycles. The van der Waals surface area contributed by atoms with E-state index >= 15 is 0 Å². The van der Waals surface area contributed by atoms with Crippen LogP contribution in [0.5, 0.6) is 0 Å². The molecule has 6 heteroatoms. The molecule has 0 aromatic heterocycles. The number of amides is 1. The van der Waals surface area contributed by atoms with Gasteiger partial charge in [0.1, 0.15) is 12.6 Å². The molecule has 0 spiro atoms. The molecule has 0 heterocycles. The summed E-state index contributed by atoms with van der Waals surface area (Å²) >= 11 is 1.63. The Morgan fingerprint density at radius 3 is 2.36 bits per heavy atom. The molecule has 1 amide bonds. The van der Waals surface area contributed by atoms with Gasteiger partial charge >= 0.3 is 12.1 Å². The Kier molecular flexibility index (Phi) is 14.2. The Morgan fingerprint density at radius 2 is 1.68 bits per heavy atom. The maximum atomic E-state index is 12.3. The predicted octanol–water partition coefficient (Wildman–Crippen LogP) is 5.33. The van der Waals surface area contributed by atoms with E-state index in [1.807, 2.05) is 36.6 Å². The molecule has 1 unspecified atom stereocenters. The van der Waals surface area contributed by atoms with Crippen molar-refractivity contribution in [3.63, 3.8) is 0 Å². The first-order valence-corrected chi connectivity index (χ1v) is 11.7. The zero-order valence-electron chi connectivity index (χ0n) is 17.3. The van der Waals surface area contributed by atoms with E-state index in [-0.39, 0.29) is 12.6 Å². The van der Waals surface area contributed by atoms with Crippen LogP contribution in [-0.4, -0.2) is 36.7 Å². The highest BCUT2D eigenvalue weighted by atomic mass is 32.2. The minimum Gasteiger partial charge on any atom is -0.464 e. The fourth-order valence-corrected chi connectivity index (χ4v) is 3.20. The van der Waals surface area contributed by atoms with Crippen molar-refractivity contribution in [3.8, 4) is 0 Å². The summed E-state index contributed by atoms with van der Waals surface area (Å²) in [5, 5.41) is 2.65. The van der Waals surface area contributed by atoms with Gasteiger partial charge in [0.25, 0.3) is 0 Å². The summed E-state index contributed by atoms with van der Waals surface area (Å²) in [7, 11) is 0. The van der Waals surface area contributed by atoms with Gasteiger partial charge in [0.15, 0.2) is 0 Å². The van der Waals surface area contributed by atoms with E-state index in [0.29, 0.717) is 13.0 Å². The van der Waals surface area contributed by atoms with Gasteiger partial charge in [-0.1, -0.05) is 75.8 Å². The highest BCUT2D eigenvalue weighted by molar-refractivity contribution is 7.98. The number of nitrogens with one attached hydrogen (secondary N) is 1. The van der Waals surface area contributed by atoms with Crippen LogP contribution >= 0.6 is 11.8 Å². The van der Waals surface area contributed by atoms with Crippen molar-refractivity contribution in [2.45, 2.75) is 70.9 Å². The second kappa shape index (κ2) is 16.3. The van der Waals surface area contributed by atoms with Crippen LogP contribution in [0.1, 0.15) is 63.9 Å². The quantitative estimate of drug-likeness (QED) is 0.313. The smallest absolute Gasteiger partial charge is 0.408 e. The summed E-state index contributed by atoms with van der Waals surface area (Å²) < 4.78 is 10.6. The van der Waals surface area contributed by atoms with Gasteiger partial charge in [0, 0.05) is 0 Å². The molecule has 0 aliphatic rings. The van der Waals surface area contributed by atoms with Crippen molar-refractivity contribution in [2.75, 3.05) is 18.6 Å². The van der Waals surface area contributed by atoms with Crippen LogP contribution in [0.15, 0.2) is 30.3 Å². The Hall–Kier alpha value is -1.69. The van der Waals surface area contributed by atoms with E-state index in [4.69, 9.17) is 9.47 Å². The molecule has 1 rings (SSSR count). The third-order valence-electron chi connectivity index (χ3n) is 4.39. The van der Waals surface area contributed by atoms with Crippen LogP contribution in [-0.2, 0) is 20.9 Å².